The van der Waals surface area contributed by atoms with Crippen molar-refractivity contribution in [3.05, 3.63) is 77.9 Å². The number of rotatable bonds is 3. The van der Waals surface area contributed by atoms with E-state index in [4.69, 9.17) is 9.84 Å². The Bertz CT molecular complexity index is 853. The van der Waals surface area contributed by atoms with Crippen LogP contribution >= 0.6 is 0 Å². The van der Waals surface area contributed by atoms with Gasteiger partial charge in [-0.15, -0.1) is 0 Å². The molecule has 0 aliphatic carbocycles. The van der Waals surface area contributed by atoms with Gasteiger partial charge in [0.2, 0.25) is 0 Å². The first kappa shape index (κ1) is 13.8. The maximum absolute atomic E-state index is 12.0. The van der Waals surface area contributed by atoms with Crippen LogP contribution < -0.4 is 4.74 Å². The van der Waals surface area contributed by atoms with Crippen molar-refractivity contribution < 1.29 is 19.4 Å². The molecule has 22 heavy (non-hydrogen) atoms. The fourth-order valence-electron chi connectivity index (χ4n) is 2.16. The minimum absolute atomic E-state index is 0.224. The van der Waals surface area contributed by atoms with Gasteiger partial charge in [-0.25, -0.2) is 9.59 Å². The fourth-order valence-corrected chi connectivity index (χ4v) is 2.16. The normalized spacial score (nSPS) is 10.4. The third-order valence-electron chi connectivity index (χ3n) is 3.28. The van der Waals surface area contributed by atoms with Crippen LogP contribution in [0.25, 0.3) is 10.8 Å². The molecule has 108 valence electrons. The Morgan fingerprint density at radius 1 is 0.773 bits per heavy atom. The molecule has 0 radical (unpaired) electrons. The van der Waals surface area contributed by atoms with Gasteiger partial charge in [-0.2, -0.15) is 0 Å². The standard InChI is InChI=1S/C18H12O4/c19-17(20)15-7-6-14-11-16(9-8-13(14)10-15)22-18(21)12-4-2-1-3-5-12/h1-11H,(H,19,20). The van der Waals surface area contributed by atoms with Crippen molar-refractivity contribution in [2.75, 3.05) is 0 Å². The summed E-state index contributed by atoms with van der Waals surface area (Å²) in [6.07, 6.45) is 0. The van der Waals surface area contributed by atoms with Gasteiger partial charge in [-0.3, -0.25) is 0 Å². The average molecular weight is 292 g/mol. The van der Waals surface area contributed by atoms with E-state index in [2.05, 4.69) is 0 Å². The quantitative estimate of drug-likeness (QED) is 0.589. The number of carboxylic acids is 1. The number of hydrogen-bond acceptors (Lipinski definition) is 3. The minimum atomic E-state index is -0.971. The predicted molar refractivity (Wildman–Crippen MR) is 82.3 cm³/mol. The molecule has 0 atom stereocenters. The highest BCUT2D eigenvalue weighted by atomic mass is 16.5. The maximum atomic E-state index is 12.0. The van der Waals surface area contributed by atoms with Crippen LogP contribution in [0.15, 0.2) is 66.7 Å². The third kappa shape index (κ3) is 2.81. The highest BCUT2D eigenvalue weighted by Crippen LogP contribution is 2.23. The summed E-state index contributed by atoms with van der Waals surface area (Å²) in [6.45, 7) is 0. The summed E-state index contributed by atoms with van der Waals surface area (Å²) in [5, 5.41) is 10.6. The van der Waals surface area contributed by atoms with Crippen LogP contribution in [0.4, 0.5) is 0 Å². The second-order valence-electron chi connectivity index (χ2n) is 4.78. The van der Waals surface area contributed by atoms with E-state index < -0.39 is 11.9 Å². The van der Waals surface area contributed by atoms with E-state index >= 15 is 0 Å². The maximum Gasteiger partial charge on any atom is 0.343 e. The molecule has 0 bridgehead atoms. The van der Waals surface area contributed by atoms with Crippen LogP contribution in [0.5, 0.6) is 5.75 Å². The number of fused-ring (bicyclic) bond motifs is 1. The molecule has 0 heterocycles. The number of esters is 1. The number of benzene rings is 3. The van der Waals surface area contributed by atoms with Gasteiger partial charge in [-0.05, 0) is 47.2 Å². The van der Waals surface area contributed by atoms with Gasteiger partial charge < -0.3 is 9.84 Å². The molecule has 0 saturated heterocycles. The lowest BCUT2D eigenvalue weighted by atomic mass is 10.1. The molecule has 4 heteroatoms. The zero-order valence-corrected chi connectivity index (χ0v) is 11.5. The van der Waals surface area contributed by atoms with Crippen molar-refractivity contribution in [1.82, 2.24) is 0 Å². The third-order valence-corrected chi connectivity index (χ3v) is 3.28. The zero-order chi connectivity index (χ0) is 15.5. The SMILES string of the molecule is O=C(O)c1ccc2cc(OC(=O)c3ccccc3)ccc2c1. The molecule has 0 fully saturated rings. The van der Waals surface area contributed by atoms with Gasteiger partial charge in [0.15, 0.2) is 0 Å². The molecule has 0 saturated carbocycles. The Labute approximate surface area is 126 Å². The molecular weight excluding hydrogens is 280 g/mol. The van der Waals surface area contributed by atoms with E-state index in [0.717, 1.165) is 10.8 Å². The molecule has 0 aliphatic rings. The molecule has 3 rings (SSSR count). The summed E-state index contributed by atoms with van der Waals surface area (Å²) >= 11 is 0. The molecule has 0 unspecified atom stereocenters. The second kappa shape index (κ2) is 5.69. The van der Waals surface area contributed by atoms with Crippen molar-refractivity contribution in [3.8, 4) is 5.75 Å². The number of hydrogen-bond donors (Lipinski definition) is 1. The van der Waals surface area contributed by atoms with Crippen molar-refractivity contribution in [1.29, 1.82) is 0 Å². The van der Waals surface area contributed by atoms with Crippen LogP contribution in [0.3, 0.4) is 0 Å². The smallest absolute Gasteiger partial charge is 0.343 e. The Balaban J connectivity index is 1.88. The number of carbonyl (C=O) groups excluding carboxylic acids is 1. The van der Waals surface area contributed by atoms with E-state index in [9.17, 15) is 9.59 Å². The summed E-state index contributed by atoms with van der Waals surface area (Å²) in [5.41, 5.74) is 0.699. The first-order valence-electron chi connectivity index (χ1n) is 6.68. The molecule has 3 aromatic carbocycles. The van der Waals surface area contributed by atoms with Crippen LogP contribution in [-0.2, 0) is 0 Å². The van der Waals surface area contributed by atoms with Crippen molar-refractivity contribution >= 4 is 22.7 Å². The Hall–Kier alpha value is -3.14. The fraction of sp³-hybridized carbons (Fsp3) is 0. The largest absolute Gasteiger partial charge is 0.478 e. The highest BCUT2D eigenvalue weighted by Gasteiger charge is 2.09. The topological polar surface area (TPSA) is 63.6 Å². The minimum Gasteiger partial charge on any atom is -0.478 e. The monoisotopic (exact) mass is 292 g/mol. The average Bonchev–Trinajstić information content (AvgIpc) is 2.55. The Morgan fingerprint density at radius 2 is 1.45 bits per heavy atom. The van der Waals surface area contributed by atoms with Gasteiger partial charge in [0.25, 0.3) is 0 Å². The lowest BCUT2D eigenvalue weighted by Crippen LogP contribution is -2.08. The van der Waals surface area contributed by atoms with Gasteiger partial charge in [0, 0.05) is 0 Å². The Kier molecular flexibility index (Phi) is 3.58. The molecule has 0 aromatic heterocycles. The van der Waals surface area contributed by atoms with Gasteiger partial charge in [0.1, 0.15) is 5.75 Å². The first-order chi connectivity index (χ1) is 10.6. The summed E-state index contributed by atoms with van der Waals surface area (Å²) in [7, 11) is 0. The van der Waals surface area contributed by atoms with Crippen LogP contribution in [0.1, 0.15) is 20.7 Å². The predicted octanol–water partition coefficient (Wildman–Crippen LogP) is 3.76. The number of carboxylic acid groups (broad SMARTS) is 1. The molecule has 0 amide bonds. The summed E-state index contributed by atoms with van der Waals surface area (Å²) in [4.78, 5) is 22.9. The van der Waals surface area contributed by atoms with E-state index in [1.807, 2.05) is 6.07 Å². The molecule has 3 aromatic rings. The number of aromatic carboxylic acids is 1. The molecule has 4 nitrogen and oxygen atoms in total. The van der Waals surface area contributed by atoms with E-state index in [1.165, 1.54) is 6.07 Å². The molecule has 0 aliphatic heterocycles. The van der Waals surface area contributed by atoms with Crippen molar-refractivity contribution in [2.24, 2.45) is 0 Å². The number of carbonyl (C=O) groups is 2. The van der Waals surface area contributed by atoms with Gasteiger partial charge in [0.05, 0.1) is 11.1 Å². The van der Waals surface area contributed by atoms with Crippen LogP contribution in [0.2, 0.25) is 0 Å². The molecular formula is C18H12O4. The molecule has 1 N–H and O–H groups in total. The first-order valence-corrected chi connectivity index (χ1v) is 6.68. The summed E-state index contributed by atoms with van der Waals surface area (Å²) in [6, 6.07) is 18.6. The van der Waals surface area contributed by atoms with Crippen LogP contribution in [-0.4, -0.2) is 17.0 Å². The lowest BCUT2D eigenvalue weighted by molar-refractivity contribution is 0.0694. The zero-order valence-electron chi connectivity index (χ0n) is 11.5. The van der Waals surface area contributed by atoms with Gasteiger partial charge in [-0.1, -0.05) is 30.3 Å². The van der Waals surface area contributed by atoms with E-state index in [1.54, 1.807) is 54.6 Å². The number of ether oxygens (including phenoxy) is 1. The lowest BCUT2D eigenvalue weighted by Gasteiger charge is -2.06. The summed E-state index contributed by atoms with van der Waals surface area (Å²) < 4.78 is 5.33. The van der Waals surface area contributed by atoms with E-state index in [-0.39, 0.29) is 5.56 Å². The van der Waals surface area contributed by atoms with Crippen LogP contribution in [0, 0.1) is 0 Å². The van der Waals surface area contributed by atoms with Crippen molar-refractivity contribution in [2.45, 2.75) is 0 Å². The highest BCUT2D eigenvalue weighted by molar-refractivity contribution is 5.95. The molecule has 0 spiro atoms. The van der Waals surface area contributed by atoms with E-state index in [0.29, 0.717) is 11.3 Å². The Morgan fingerprint density at radius 3 is 2.18 bits per heavy atom. The van der Waals surface area contributed by atoms with Gasteiger partial charge >= 0.3 is 11.9 Å². The second-order valence-corrected chi connectivity index (χ2v) is 4.78. The summed E-state index contributed by atoms with van der Waals surface area (Å²) in [5.74, 6) is -0.979. The van der Waals surface area contributed by atoms with Crippen molar-refractivity contribution in [3.63, 3.8) is 0 Å².